The number of hydrogen-bond donors (Lipinski definition) is 2. The van der Waals surface area contributed by atoms with Crippen molar-refractivity contribution in [2.24, 2.45) is 0 Å². The summed E-state index contributed by atoms with van der Waals surface area (Å²) in [6, 6.07) is 10.7. The number of benzene rings is 1. The lowest BCUT2D eigenvalue weighted by atomic mass is 10.2. The molecule has 0 saturated heterocycles. The van der Waals surface area contributed by atoms with Crippen LogP contribution in [0.15, 0.2) is 55.0 Å². The highest BCUT2D eigenvalue weighted by Gasteiger charge is 2.25. The zero-order valence-electron chi connectivity index (χ0n) is 22.5. The molecule has 0 aliphatic carbocycles. The Bertz CT molecular complexity index is 1510. The summed E-state index contributed by atoms with van der Waals surface area (Å²) >= 11 is 6.32. The van der Waals surface area contributed by atoms with Crippen LogP contribution in [0.25, 0.3) is 10.9 Å². The molecule has 0 fully saturated rings. The second-order valence-corrected chi connectivity index (χ2v) is 16.5. The number of nitrogens with two attached hydrogens (primary N) is 1. The van der Waals surface area contributed by atoms with Gasteiger partial charge in [-0.15, -0.1) is 0 Å². The van der Waals surface area contributed by atoms with Crippen LogP contribution < -0.4 is 11.1 Å². The van der Waals surface area contributed by atoms with Gasteiger partial charge in [-0.2, -0.15) is 5.10 Å². The predicted octanol–water partition coefficient (Wildman–Crippen LogP) is 4.68. The first-order chi connectivity index (χ1) is 19.0. The monoisotopic (exact) mass is 583 g/mol. The minimum Gasteiger partial charge on any atom is -0.383 e. The second kappa shape index (κ2) is 12.5. The van der Waals surface area contributed by atoms with Gasteiger partial charge in [0.25, 0.3) is 0 Å². The number of ether oxygens (including phenoxy) is 1. The third-order valence-electron chi connectivity index (χ3n) is 6.10. The van der Waals surface area contributed by atoms with E-state index in [4.69, 9.17) is 22.1 Å². The lowest BCUT2D eigenvalue weighted by molar-refractivity contribution is -0.144. The molecule has 210 valence electrons. The Morgan fingerprint density at radius 1 is 1.10 bits per heavy atom. The Morgan fingerprint density at radius 2 is 1.88 bits per heavy atom. The molecule has 3 heterocycles. The molecular formula is C27H31ClFN7O3Si. The number of aromatic nitrogens is 4. The number of nitrogens with one attached hydrogen (secondary N) is 1. The van der Waals surface area contributed by atoms with Gasteiger partial charge in [0, 0.05) is 26.2 Å². The van der Waals surface area contributed by atoms with Gasteiger partial charge in [0.15, 0.2) is 0 Å². The minimum absolute atomic E-state index is 0.0310. The molecule has 10 nitrogen and oxygen atoms in total. The van der Waals surface area contributed by atoms with Crippen LogP contribution in [0.4, 0.5) is 15.9 Å². The van der Waals surface area contributed by atoms with Gasteiger partial charge in [0.1, 0.15) is 18.4 Å². The second-order valence-electron chi connectivity index (χ2n) is 10.5. The average Bonchev–Trinajstić information content (AvgIpc) is 3.34. The Kier molecular flexibility index (Phi) is 9.13. The van der Waals surface area contributed by atoms with E-state index >= 15 is 0 Å². The molecule has 3 aromatic heterocycles. The van der Waals surface area contributed by atoms with E-state index in [9.17, 15) is 14.0 Å². The molecule has 0 spiro atoms. The minimum atomic E-state index is -1.28. The number of amides is 2. The fourth-order valence-corrected chi connectivity index (χ4v) is 4.84. The van der Waals surface area contributed by atoms with Gasteiger partial charge < -0.3 is 20.7 Å². The van der Waals surface area contributed by atoms with Gasteiger partial charge in [0.05, 0.1) is 47.4 Å². The highest BCUT2D eigenvalue weighted by atomic mass is 35.5. The Morgan fingerprint density at radius 3 is 2.58 bits per heavy atom. The van der Waals surface area contributed by atoms with Crippen molar-refractivity contribution in [3.05, 3.63) is 77.1 Å². The first-order valence-corrected chi connectivity index (χ1v) is 16.7. The van der Waals surface area contributed by atoms with Gasteiger partial charge in [-0.3, -0.25) is 14.6 Å². The zero-order chi connectivity index (χ0) is 28.9. The number of nitrogens with zero attached hydrogens (tertiary/aromatic N) is 5. The topological polar surface area (TPSA) is 128 Å². The van der Waals surface area contributed by atoms with Crippen LogP contribution in [0.2, 0.25) is 30.7 Å². The van der Waals surface area contributed by atoms with E-state index in [-0.39, 0.29) is 31.3 Å². The van der Waals surface area contributed by atoms with Crippen molar-refractivity contribution in [3.8, 4) is 0 Å². The fraction of sp³-hybridized carbons (Fsp3) is 0.296. The average molecular weight is 584 g/mol. The Labute approximate surface area is 237 Å². The number of fused-ring (bicyclic) bond motifs is 1. The van der Waals surface area contributed by atoms with Crippen molar-refractivity contribution in [1.82, 2.24) is 24.6 Å². The highest BCUT2D eigenvalue weighted by Crippen LogP contribution is 2.27. The van der Waals surface area contributed by atoms with Crippen LogP contribution in [0.1, 0.15) is 11.3 Å². The van der Waals surface area contributed by atoms with Crippen molar-refractivity contribution in [3.63, 3.8) is 0 Å². The number of anilines is 2. The number of hydrogen-bond acceptors (Lipinski definition) is 7. The third-order valence-corrected chi connectivity index (χ3v) is 8.18. The quantitative estimate of drug-likeness (QED) is 0.157. The maximum absolute atomic E-state index is 13.4. The number of halogens is 2. The lowest BCUT2D eigenvalue weighted by Gasteiger charge is -2.22. The molecule has 0 atom stereocenters. The summed E-state index contributed by atoms with van der Waals surface area (Å²) in [4.78, 5) is 36.2. The summed E-state index contributed by atoms with van der Waals surface area (Å²) in [5.74, 6) is -2.02. The summed E-state index contributed by atoms with van der Waals surface area (Å²) in [6.07, 6.45) is 3.97. The van der Waals surface area contributed by atoms with Crippen LogP contribution in [0.3, 0.4) is 0 Å². The van der Waals surface area contributed by atoms with Gasteiger partial charge in [-0.1, -0.05) is 49.4 Å². The van der Waals surface area contributed by atoms with Gasteiger partial charge in [-0.05, 0) is 29.8 Å². The number of carbonyl (C=O) groups is 2. The number of nitrogen functional groups attached to an aromatic ring is 1. The van der Waals surface area contributed by atoms with Crippen molar-refractivity contribution < 1.29 is 18.7 Å². The maximum Gasteiger partial charge on any atom is 0.314 e. The molecule has 0 aliphatic rings. The predicted molar refractivity (Wildman–Crippen MR) is 155 cm³/mol. The molecule has 13 heteroatoms. The van der Waals surface area contributed by atoms with Gasteiger partial charge in [-0.25, -0.2) is 14.1 Å². The van der Waals surface area contributed by atoms with Crippen molar-refractivity contribution >= 4 is 53.9 Å². The maximum atomic E-state index is 13.4. The molecule has 0 aliphatic heterocycles. The molecule has 4 rings (SSSR count). The van der Waals surface area contributed by atoms with Crippen LogP contribution >= 0.6 is 11.6 Å². The van der Waals surface area contributed by atoms with Crippen LogP contribution in [0.5, 0.6) is 0 Å². The largest absolute Gasteiger partial charge is 0.383 e. The third kappa shape index (κ3) is 7.40. The summed E-state index contributed by atoms with van der Waals surface area (Å²) in [5, 5.41) is 7.96. The molecule has 2 amide bonds. The molecule has 0 unspecified atom stereocenters. The van der Waals surface area contributed by atoms with Crippen molar-refractivity contribution in [2.75, 3.05) is 17.7 Å². The van der Waals surface area contributed by atoms with Crippen molar-refractivity contribution in [1.29, 1.82) is 0 Å². The van der Waals surface area contributed by atoms with E-state index in [1.54, 1.807) is 35.1 Å². The lowest BCUT2D eigenvalue weighted by Crippen LogP contribution is -2.39. The molecule has 0 radical (unpaired) electrons. The standard InChI is InChI=1S/C27H31ClFN7O3Si/c1-40(2,3)11-10-39-17-36-24-21(13-33-36)25(30)32-14-23(24)34-26(37)27(38)35(15-18-6-4-5-7-22(18)28)16-20-9-8-19(29)12-31-20/h4-9,12-14H,10-11,15-17H2,1-3H3,(H2,30,32)(H,34,37). The van der Waals surface area contributed by atoms with Crippen LogP contribution in [-0.2, 0) is 34.1 Å². The van der Waals surface area contributed by atoms with Crippen LogP contribution in [-0.4, -0.2) is 51.1 Å². The first-order valence-electron chi connectivity index (χ1n) is 12.6. The van der Waals surface area contributed by atoms with E-state index in [1.165, 1.54) is 23.2 Å². The zero-order valence-corrected chi connectivity index (χ0v) is 24.3. The molecular weight excluding hydrogens is 553 g/mol. The van der Waals surface area contributed by atoms with Gasteiger partial charge >= 0.3 is 11.8 Å². The van der Waals surface area contributed by atoms with E-state index in [0.717, 1.165) is 12.2 Å². The Hall–Kier alpha value is -3.87. The molecule has 4 aromatic rings. The number of pyridine rings is 2. The van der Waals surface area contributed by atoms with E-state index in [2.05, 4.69) is 40.0 Å². The van der Waals surface area contributed by atoms with E-state index in [0.29, 0.717) is 33.8 Å². The normalized spacial score (nSPS) is 11.5. The summed E-state index contributed by atoms with van der Waals surface area (Å²) in [5.41, 5.74) is 7.83. The van der Waals surface area contributed by atoms with Crippen LogP contribution in [0, 0.1) is 5.82 Å². The van der Waals surface area contributed by atoms with E-state index < -0.39 is 25.7 Å². The molecule has 0 bridgehead atoms. The molecule has 3 N–H and O–H groups in total. The highest BCUT2D eigenvalue weighted by molar-refractivity contribution is 6.76. The SMILES string of the molecule is C[Si](C)(C)CCOCn1ncc2c(N)ncc(NC(=O)C(=O)N(Cc3ccc(F)cn3)Cc3ccccc3Cl)c21. The number of carbonyl (C=O) groups excluding carboxylic acids is 2. The smallest absolute Gasteiger partial charge is 0.314 e. The van der Waals surface area contributed by atoms with Gasteiger partial charge in [0.2, 0.25) is 0 Å². The molecule has 40 heavy (non-hydrogen) atoms. The summed E-state index contributed by atoms with van der Waals surface area (Å²) in [7, 11) is -1.28. The molecule has 0 saturated carbocycles. The Balaban J connectivity index is 1.57. The first kappa shape index (κ1) is 29.1. The fourth-order valence-electron chi connectivity index (χ4n) is 3.89. The molecule has 1 aromatic carbocycles. The summed E-state index contributed by atoms with van der Waals surface area (Å²) < 4.78 is 20.8. The van der Waals surface area contributed by atoms with E-state index in [1.807, 2.05) is 0 Å². The van der Waals surface area contributed by atoms with Crippen molar-refractivity contribution in [2.45, 2.75) is 45.5 Å². The summed E-state index contributed by atoms with van der Waals surface area (Å²) in [6.45, 7) is 7.49. The number of rotatable bonds is 10.